The molecule has 0 radical (unpaired) electrons. The molecule has 0 saturated heterocycles. The Morgan fingerprint density at radius 1 is 0.926 bits per heavy atom. The van der Waals surface area contributed by atoms with E-state index in [0.717, 1.165) is 84.8 Å². The van der Waals surface area contributed by atoms with E-state index in [2.05, 4.69) is 104 Å². The summed E-state index contributed by atoms with van der Waals surface area (Å²) in [6, 6.07) is 17.1. The fourth-order valence-corrected chi connectivity index (χ4v) is 9.29. The molecule has 3 aliphatic rings. The molecule has 1 aliphatic carbocycles. The van der Waals surface area contributed by atoms with Crippen LogP contribution in [-0.4, -0.2) is 66.7 Å². The molecule has 292 valence electrons. The number of esters is 1. The first-order valence-electron chi connectivity index (χ1n) is 19.4. The van der Waals surface area contributed by atoms with Gasteiger partial charge in [-0.25, -0.2) is 8.42 Å². The normalized spacial score (nSPS) is 19.4. The molecule has 0 N–H and O–H groups in total. The highest BCUT2D eigenvalue weighted by Crippen LogP contribution is 2.48. The van der Waals surface area contributed by atoms with Gasteiger partial charge in [-0.1, -0.05) is 74.0 Å². The molecular weight excluding hydrogens is 736 g/mol. The van der Waals surface area contributed by atoms with Crippen molar-refractivity contribution in [2.24, 2.45) is 0 Å². The van der Waals surface area contributed by atoms with Crippen molar-refractivity contribution in [3.8, 4) is 0 Å². The van der Waals surface area contributed by atoms with E-state index in [9.17, 15) is 17.8 Å². The average Bonchev–Trinajstić information content (AvgIpc) is 3.48. The Kier molecular flexibility index (Phi) is 14.5. The van der Waals surface area contributed by atoms with Gasteiger partial charge in [0.15, 0.2) is 5.71 Å². The van der Waals surface area contributed by atoms with Crippen LogP contribution in [0.2, 0.25) is 0 Å². The highest BCUT2D eigenvalue weighted by molar-refractivity contribution is 7.98. The third-order valence-electron chi connectivity index (χ3n) is 11.0. The Labute approximate surface area is 333 Å². The summed E-state index contributed by atoms with van der Waals surface area (Å²) in [6.45, 7) is 11.1. The second-order valence-electron chi connectivity index (χ2n) is 15.6. The van der Waals surface area contributed by atoms with Crippen LogP contribution in [0.25, 0.3) is 0 Å². The van der Waals surface area contributed by atoms with Gasteiger partial charge < -0.3 is 14.2 Å². The number of hydrogen-bond donors (Lipinski definition) is 0. The molecule has 0 amide bonds. The summed E-state index contributed by atoms with van der Waals surface area (Å²) >= 11 is 8.88. The van der Waals surface area contributed by atoms with Gasteiger partial charge in [0.1, 0.15) is 6.54 Å². The van der Waals surface area contributed by atoms with Crippen molar-refractivity contribution in [1.82, 2.24) is 0 Å². The van der Waals surface area contributed by atoms with Gasteiger partial charge in [0.2, 0.25) is 5.69 Å². The van der Waals surface area contributed by atoms with Crippen molar-refractivity contribution < 1.29 is 27.1 Å². The number of nitrogens with zero attached hydrogens (tertiary/aromatic N) is 2. The van der Waals surface area contributed by atoms with Gasteiger partial charge in [-0.2, -0.15) is 16.3 Å². The Bertz CT molecular complexity index is 1940. The van der Waals surface area contributed by atoms with Crippen LogP contribution < -0.4 is 4.90 Å². The SMILES string of the molecule is CSCCC(=O)OCCCCCC[N+]1=C(/C=C/C2=C(Cl)C(=C/C=C3/N(CCCCS(=O)(=O)[O-])c4ccccc4C3(C)C)/CCC2)C(C)(C)c2ccccc21. The fourth-order valence-electron chi connectivity index (χ4n) is 8.05. The predicted molar refractivity (Wildman–Crippen MR) is 224 cm³/mol. The number of halogens is 1. The number of unbranched alkanes of at least 4 members (excludes halogenated alkanes) is 4. The van der Waals surface area contributed by atoms with Gasteiger partial charge in [-0.05, 0) is 100 Å². The second-order valence-corrected chi connectivity index (χ2v) is 18.5. The van der Waals surface area contributed by atoms with E-state index >= 15 is 0 Å². The minimum absolute atomic E-state index is 0.100. The van der Waals surface area contributed by atoms with Gasteiger partial charge in [-0.15, -0.1) is 0 Å². The topological polar surface area (TPSA) is 89.8 Å². The first-order valence-corrected chi connectivity index (χ1v) is 22.8. The zero-order valence-corrected chi connectivity index (χ0v) is 35.1. The van der Waals surface area contributed by atoms with Crippen LogP contribution >= 0.6 is 23.4 Å². The number of rotatable bonds is 18. The average molecular weight is 794 g/mol. The summed E-state index contributed by atoms with van der Waals surface area (Å²) < 4.78 is 41.6. The van der Waals surface area contributed by atoms with E-state index in [1.807, 2.05) is 12.3 Å². The third kappa shape index (κ3) is 10.2. The first-order chi connectivity index (χ1) is 25.8. The Morgan fingerprint density at radius 2 is 1.65 bits per heavy atom. The highest BCUT2D eigenvalue weighted by atomic mass is 35.5. The fraction of sp³-hybridized carbons (Fsp3) is 0.500. The van der Waals surface area contributed by atoms with Gasteiger partial charge in [-0.3, -0.25) is 4.79 Å². The molecule has 2 heterocycles. The molecule has 0 unspecified atom stereocenters. The van der Waals surface area contributed by atoms with E-state index in [-0.39, 0.29) is 22.6 Å². The number of benzene rings is 2. The molecular formula is C44H57ClN2O5S2. The number of thioether (sulfide) groups is 1. The molecule has 7 nitrogen and oxygen atoms in total. The largest absolute Gasteiger partial charge is 0.748 e. The number of para-hydroxylation sites is 2. The zero-order valence-electron chi connectivity index (χ0n) is 32.7. The molecule has 0 fully saturated rings. The number of fused-ring (bicyclic) bond motifs is 2. The van der Waals surface area contributed by atoms with Crippen molar-refractivity contribution in [2.45, 2.75) is 103 Å². The van der Waals surface area contributed by atoms with Crippen LogP contribution in [0.3, 0.4) is 0 Å². The predicted octanol–water partition coefficient (Wildman–Crippen LogP) is 10.1. The van der Waals surface area contributed by atoms with E-state index in [1.165, 1.54) is 22.5 Å². The molecule has 0 saturated carbocycles. The molecule has 0 spiro atoms. The van der Waals surface area contributed by atoms with Crippen LogP contribution in [0.5, 0.6) is 0 Å². The van der Waals surface area contributed by atoms with E-state index in [4.69, 9.17) is 16.3 Å². The van der Waals surface area contributed by atoms with Crippen LogP contribution in [0.4, 0.5) is 11.4 Å². The number of anilines is 1. The summed E-state index contributed by atoms with van der Waals surface area (Å²) in [5.41, 5.74) is 9.19. The van der Waals surface area contributed by atoms with Crippen LogP contribution in [0.1, 0.15) is 103 Å². The number of allylic oxidation sites excluding steroid dienone is 8. The molecule has 0 bridgehead atoms. The zero-order chi connectivity index (χ0) is 38.9. The van der Waals surface area contributed by atoms with Crippen LogP contribution in [0.15, 0.2) is 94.7 Å². The molecule has 2 aliphatic heterocycles. The highest BCUT2D eigenvalue weighted by Gasteiger charge is 2.44. The van der Waals surface area contributed by atoms with Crippen molar-refractivity contribution >= 4 is 56.5 Å². The Balaban J connectivity index is 1.34. The van der Waals surface area contributed by atoms with Gasteiger partial charge in [0.25, 0.3) is 0 Å². The first kappa shape index (κ1) is 42.0. The van der Waals surface area contributed by atoms with Crippen LogP contribution in [0, 0.1) is 0 Å². The number of carbonyl (C=O) groups excluding carboxylic acids is 1. The van der Waals surface area contributed by atoms with Crippen molar-refractivity contribution in [2.75, 3.05) is 42.4 Å². The van der Waals surface area contributed by atoms with Crippen molar-refractivity contribution in [1.29, 1.82) is 0 Å². The minimum atomic E-state index is -4.23. The monoisotopic (exact) mass is 792 g/mol. The van der Waals surface area contributed by atoms with Gasteiger partial charge in [0, 0.05) is 64.0 Å². The third-order valence-corrected chi connectivity index (χ3v) is 12.9. The maximum absolute atomic E-state index is 11.8. The summed E-state index contributed by atoms with van der Waals surface area (Å²) in [6.07, 6.45) is 19.1. The summed E-state index contributed by atoms with van der Waals surface area (Å²) in [7, 11) is -4.23. The summed E-state index contributed by atoms with van der Waals surface area (Å²) in [4.78, 5) is 14.1. The number of carbonyl (C=O) groups is 1. The maximum atomic E-state index is 11.8. The maximum Gasteiger partial charge on any atom is 0.306 e. The molecule has 54 heavy (non-hydrogen) atoms. The van der Waals surface area contributed by atoms with Gasteiger partial charge in [0.05, 0.1) is 28.6 Å². The summed E-state index contributed by atoms with van der Waals surface area (Å²) in [5.74, 6) is 0.361. The molecule has 0 aromatic heterocycles. The van der Waals surface area contributed by atoms with Crippen molar-refractivity contribution in [3.63, 3.8) is 0 Å². The van der Waals surface area contributed by atoms with Crippen molar-refractivity contribution in [3.05, 3.63) is 106 Å². The summed E-state index contributed by atoms with van der Waals surface area (Å²) in [5, 5.41) is 0.810. The number of ether oxygens (including phenoxy) is 1. The lowest BCUT2D eigenvalue weighted by atomic mass is 9.81. The Hall–Kier alpha value is -3.11. The molecule has 2 aromatic rings. The van der Waals surface area contributed by atoms with Gasteiger partial charge >= 0.3 is 5.97 Å². The molecule has 0 atom stereocenters. The molecule has 10 heteroatoms. The number of hydrogen-bond acceptors (Lipinski definition) is 7. The minimum Gasteiger partial charge on any atom is -0.748 e. The van der Waals surface area contributed by atoms with Crippen LogP contribution in [-0.2, 0) is 30.5 Å². The molecule has 5 rings (SSSR count). The van der Waals surface area contributed by atoms with E-state index < -0.39 is 10.1 Å². The second kappa shape index (κ2) is 18.7. The quantitative estimate of drug-likeness (QED) is 0.0643. The van der Waals surface area contributed by atoms with E-state index in [1.54, 1.807) is 11.8 Å². The Morgan fingerprint density at radius 3 is 2.41 bits per heavy atom. The molecule has 2 aromatic carbocycles. The lowest BCUT2D eigenvalue weighted by molar-refractivity contribution is -0.438. The lowest BCUT2D eigenvalue weighted by Gasteiger charge is -2.27. The lowest BCUT2D eigenvalue weighted by Crippen LogP contribution is -2.28. The smallest absolute Gasteiger partial charge is 0.306 e. The van der Waals surface area contributed by atoms with E-state index in [0.29, 0.717) is 32.4 Å². The standard InChI is InChI=1S/C44H57ClN2O5S2/c1-43(2)35-19-8-10-21-37(35)46(28-12-6-7-14-30-52-41(48)27-31-53-5)39(43)25-23-33-17-16-18-34(42(33)45)24-26-40-44(3,4)36-20-9-11-22-38(36)47(40)29-13-15-32-54(49,50)51/h8-11,19-26H,6-7,12-18,27-32H2,1-5H3.